The summed E-state index contributed by atoms with van der Waals surface area (Å²) in [6.45, 7) is 0.430. The van der Waals surface area contributed by atoms with Gasteiger partial charge in [0, 0.05) is 16.6 Å². The van der Waals surface area contributed by atoms with Crippen molar-refractivity contribution < 1.29 is 13.9 Å². The van der Waals surface area contributed by atoms with Gasteiger partial charge in [0.05, 0.1) is 25.2 Å². The van der Waals surface area contributed by atoms with Crippen LogP contribution in [0.25, 0.3) is 0 Å². The molecule has 2 rings (SSSR count). The highest BCUT2D eigenvalue weighted by molar-refractivity contribution is 9.10. The van der Waals surface area contributed by atoms with Crippen molar-refractivity contribution in [2.75, 3.05) is 7.11 Å². The van der Waals surface area contributed by atoms with Gasteiger partial charge in [0.1, 0.15) is 5.75 Å². The van der Waals surface area contributed by atoms with Crippen LogP contribution in [0.4, 0.5) is 0 Å². The third kappa shape index (κ3) is 2.92. The van der Waals surface area contributed by atoms with Gasteiger partial charge >= 0.3 is 0 Å². The van der Waals surface area contributed by atoms with Crippen molar-refractivity contribution >= 4 is 21.8 Å². The lowest BCUT2D eigenvalue weighted by Crippen LogP contribution is -2.22. The van der Waals surface area contributed by atoms with E-state index in [1.807, 2.05) is 0 Å². The number of methoxy groups -OCH3 is 1. The van der Waals surface area contributed by atoms with Crippen molar-refractivity contribution in [1.82, 2.24) is 5.32 Å². The fourth-order valence-electron chi connectivity index (χ4n) is 1.48. The lowest BCUT2D eigenvalue weighted by molar-refractivity contribution is 0.0949. The Balaban J connectivity index is 2.08. The quantitative estimate of drug-likeness (QED) is 0.944. The first-order valence-corrected chi connectivity index (χ1v) is 6.13. The molecule has 0 aliphatic carbocycles. The molecule has 18 heavy (non-hydrogen) atoms. The minimum atomic E-state index is -0.165. The van der Waals surface area contributed by atoms with Crippen LogP contribution in [0.2, 0.25) is 0 Å². The zero-order chi connectivity index (χ0) is 13.0. The molecule has 0 atom stereocenters. The van der Waals surface area contributed by atoms with E-state index < -0.39 is 0 Å². The van der Waals surface area contributed by atoms with Crippen molar-refractivity contribution in [1.29, 1.82) is 0 Å². The standard InChI is InChI=1S/C13H12BrNO3/c1-17-10-2-3-12(14)11(6-10)13(16)15-7-9-4-5-18-8-9/h2-6,8H,7H2,1H3,(H,15,16). The number of benzene rings is 1. The lowest BCUT2D eigenvalue weighted by Gasteiger charge is -2.07. The first-order valence-electron chi connectivity index (χ1n) is 5.33. The molecule has 1 N–H and O–H groups in total. The number of nitrogens with one attached hydrogen (secondary N) is 1. The number of ether oxygens (including phenoxy) is 1. The Morgan fingerprint density at radius 2 is 2.28 bits per heavy atom. The normalized spacial score (nSPS) is 10.1. The molecule has 0 unspecified atom stereocenters. The lowest BCUT2D eigenvalue weighted by atomic mass is 10.2. The zero-order valence-electron chi connectivity index (χ0n) is 9.77. The molecule has 0 radical (unpaired) electrons. The Kier molecular flexibility index (Phi) is 4.04. The van der Waals surface area contributed by atoms with E-state index in [1.54, 1.807) is 43.9 Å². The number of carbonyl (C=O) groups is 1. The summed E-state index contributed by atoms with van der Waals surface area (Å²) >= 11 is 3.34. The van der Waals surface area contributed by atoms with Gasteiger partial charge in [0.15, 0.2) is 0 Å². The van der Waals surface area contributed by atoms with Crippen LogP contribution in [-0.4, -0.2) is 13.0 Å². The van der Waals surface area contributed by atoms with Crippen molar-refractivity contribution in [3.8, 4) is 5.75 Å². The molecule has 1 heterocycles. The Labute approximate surface area is 113 Å². The molecule has 1 amide bonds. The summed E-state index contributed by atoms with van der Waals surface area (Å²) in [7, 11) is 1.57. The van der Waals surface area contributed by atoms with Crippen molar-refractivity contribution in [3.05, 3.63) is 52.4 Å². The molecule has 0 aliphatic rings. The van der Waals surface area contributed by atoms with Gasteiger partial charge in [-0.1, -0.05) is 0 Å². The average molecular weight is 310 g/mol. The van der Waals surface area contributed by atoms with Crippen LogP contribution in [-0.2, 0) is 6.54 Å². The minimum Gasteiger partial charge on any atom is -0.497 e. The van der Waals surface area contributed by atoms with E-state index in [4.69, 9.17) is 9.15 Å². The van der Waals surface area contributed by atoms with Crippen LogP contribution in [0, 0.1) is 0 Å². The van der Waals surface area contributed by atoms with Crippen LogP contribution in [0.3, 0.4) is 0 Å². The first-order chi connectivity index (χ1) is 8.70. The average Bonchev–Trinajstić information content (AvgIpc) is 2.89. The number of halogens is 1. The van der Waals surface area contributed by atoms with Crippen molar-refractivity contribution in [2.45, 2.75) is 6.54 Å². The minimum absolute atomic E-state index is 0.165. The van der Waals surface area contributed by atoms with Crippen LogP contribution < -0.4 is 10.1 Å². The van der Waals surface area contributed by atoms with Gasteiger partial charge in [-0.05, 0) is 40.2 Å². The number of hydrogen-bond donors (Lipinski definition) is 1. The predicted octanol–water partition coefficient (Wildman–Crippen LogP) is 2.98. The fraction of sp³-hybridized carbons (Fsp3) is 0.154. The van der Waals surface area contributed by atoms with Gasteiger partial charge in [-0.3, -0.25) is 4.79 Å². The fourth-order valence-corrected chi connectivity index (χ4v) is 1.90. The van der Waals surface area contributed by atoms with Gasteiger partial charge in [-0.25, -0.2) is 0 Å². The van der Waals surface area contributed by atoms with Crippen LogP contribution in [0.15, 0.2) is 45.7 Å². The second-order valence-electron chi connectivity index (χ2n) is 3.66. The second-order valence-corrected chi connectivity index (χ2v) is 4.51. The molecule has 1 aromatic heterocycles. The Bertz CT molecular complexity index is 537. The topological polar surface area (TPSA) is 51.5 Å². The molecule has 0 bridgehead atoms. The smallest absolute Gasteiger partial charge is 0.252 e. The number of amides is 1. The molecule has 4 nitrogen and oxygen atoms in total. The maximum absolute atomic E-state index is 12.0. The molecule has 0 aliphatic heterocycles. The van der Waals surface area contributed by atoms with E-state index in [2.05, 4.69) is 21.2 Å². The Hall–Kier alpha value is -1.75. The van der Waals surface area contributed by atoms with Gasteiger partial charge in [0.25, 0.3) is 5.91 Å². The number of furan rings is 1. The highest BCUT2D eigenvalue weighted by atomic mass is 79.9. The molecule has 2 aromatic rings. The number of rotatable bonds is 4. The highest BCUT2D eigenvalue weighted by Gasteiger charge is 2.11. The maximum Gasteiger partial charge on any atom is 0.252 e. The SMILES string of the molecule is COc1ccc(Br)c(C(=O)NCc2ccoc2)c1. The largest absolute Gasteiger partial charge is 0.497 e. The summed E-state index contributed by atoms with van der Waals surface area (Å²) in [6, 6.07) is 7.07. The van der Waals surface area contributed by atoms with E-state index in [1.165, 1.54) is 0 Å². The van der Waals surface area contributed by atoms with Crippen molar-refractivity contribution in [2.24, 2.45) is 0 Å². The summed E-state index contributed by atoms with van der Waals surface area (Å²) in [4.78, 5) is 12.0. The number of carbonyl (C=O) groups excluding carboxylic acids is 1. The molecular weight excluding hydrogens is 298 g/mol. The van der Waals surface area contributed by atoms with E-state index in [0.29, 0.717) is 17.9 Å². The highest BCUT2D eigenvalue weighted by Crippen LogP contribution is 2.22. The Morgan fingerprint density at radius 3 is 2.94 bits per heavy atom. The van der Waals surface area contributed by atoms with Crippen molar-refractivity contribution in [3.63, 3.8) is 0 Å². The molecule has 94 valence electrons. The molecule has 1 aromatic carbocycles. The third-order valence-electron chi connectivity index (χ3n) is 2.45. The summed E-state index contributed by atoms with van der Waals surface area (Å²) in [5.74, 6) is 0.480. The second kappa shape index (κ2) is 5.73. The number of hydrogen-bond acceptors (Lipinski definition) is 3. The summed E-state index contributed by atoms with van der Waals surface area (Å²) < 4.78 is 10.8. The molecule has 0 saturated heterocycles. The maximum atomic E-state index is 12.0. The van der Waals surface area contributed by atoms with E-state index in [-0.39, 0.29) is 5.91 Å². The third-order valence-corrected chi connectivity index (χ3v) is 3.14. The summed E-state index contributed by atoms with van der Waals surface area (Å²) in [5, 5.41) is 2.81. The monoisotopic (exact) mass is 309 g/mol. The molecule has 5 heteroatoms. The van der Waals surface area contributed by atoms with Crippen LogP contribution in [0.5, 0.6) is 5.75 Å². The zero-order valence-corrected chi connectivity index (χ0v) is 11.4. The van der Waals surface area contributed by atoms with E-state index in [0.717, 1.165) is 10.0 Å². The van der Waals surface area contributed by atoms with Crippen LogP contribution in [0.1, 0.15) is 15.9 Å². The van der Waals surface area contributed by atoms with Crippen LogP contribution >= 0.6 is 15.9 Å². The predicted molar refractivity (Wildman–Crippen MR) is 70.6 cm³/mol. The van der Waals surface area contributed by atoms with E-state index >= 15 is 0 Å². The summed E-state index contributed by atoms with van der Waals surface area (Å²) in [5.41, 5.74) is 1.46. The molecule has 0 fully saturated rings. The molecule has 0 spiro atoms. The summed E-state index contributed by atoms with van der Waals surface area (Å²) in [6.07, 6.45) is 3.17. The van der Waals surface area contributed by atoms with Gasteiger partial charge in [0.2, 0.25) is 0 Å². The van der Waals surface area contributed by atoms with Gasteiger partial charge in [-0.2, -0.15) is 0 Å². The van der Waals surface area contributed by atoms with E-state index in [9.17, 15) is 4.79 Å². The van der Waals surface area contributed by atoms with Gasteiger partial charge in [-0.15, -0.1) is 0 Å². The molecule has 0 saturated carbocycles. The Morgan fingerprint density at radius 1 is 1.44 bits per heavy atom. The molecular formula is C13H12BrNO3. The van der Waals surface area contributed by atoms with Gasteiger partial charge < -0.3 is 14.5 Å². The first kappa shape index (κ1) is 12.7.